The molecule has 1 unspecified atom stereocenters. The third kappa shape index (κ3) is 1.53. The minimum absolute atomic E-state index is 0.139. The minimum Gasteiger partial charge on any atom is -0.376 e. The fourth-order valence-corrected chi connectivity index (χ4v) is 0.305. The molecule has 46 valence electrons. The lowest BCUT2D eigenvalue weighted by atomic mass is 10.0. The maximum atomic E-state index is 9.08. The Morgan fingerprint density at radius 2 is 2.38 bits per heavy atom. The molecule has 0 aliphatic heterocycles. The van der Waals surface area contributed by atoms with E-state index in [1.54, 1.807) is 6.92 Å². The first-order chi connectivity index (χ1) is 3.68. The summed E-state index contributed by atoms with van der Waals surface area (Å²) in [6.07, 6.45) is 5.46. The Bertz CT molecular complexity index is 99.6. The van der Waals surface area contributed by atoms with Crippen LogP contribution in [-0.4, -0.2) is 17.3 Å². The summed E-state index contributed by atoms with van der Waals surface area (Å²) in [4.78, 5) is 0. The second-order valence-electron chi connectivity index (χ2n) is 1.73. The van der Waals surface area contributed by atoms with Crippen LogP contribution in [0.25, 0.3) is 0 Å². The van der Waals surface area contributed by atoms with Crippen LogP contribution in [0.5, 0.6) is 0 Å². The zero-order valence-corrected chi connectivity index (χ0v) is 5.02. The van der Waals surface area contributed by atoms with E-state index in [2.05, 4.69) is 5.92 Å². The molecule has 3 N–H and O–H groups in total. The van der Waals surface area contributed by atoms with Gasteiger partial charge in [-0.2, -0.15) is 0 Å². The van der Waals surface area contributed by atoms with Crippen molar-refractivity contribution in [1.82, 2.24) is 0 Å². The first-order valence-corrected chi connectivity index (χ1v) is 2.58. The lowest BCUT2D eigenvalue weighted by Gasteiger charge is -2.15. The summed E-state index contributed by atoms with van der Waals surface area (Å²) in [5.41, 5.74) is 4.07. The molecular formula is C6H11NO. The summed E-state index contributed by atoms with van der Waals surface area (Å²) in [5.74, 6) is 2.21. The molecule has 0 rings (SSSR count). The van der Waals surface area contributed by atoms with Crippen LogP contribution in [-0.2, 0) is 0 Å². The average molecular weight is 113 g/mol. The largest absolute Gasteiger partial charge is 0.376 e. The molecule has 0 fully saturated rings. The topological polar surface area (TPSA) is 46.2 Å². The number of hydrogen-bond acceptors (Lipinski definition) is 2. The minimum atomic E-state index is -1.07. The Morgan fingerprint density at radius 1 is 1.88 bits per heavy atom. The molecule has 0 aromatic rings. The Kier molecular flexibility index (Phi) is 2.53. The molecular weight excluding hydrogens is 102 g/mol. The molecule has 2 nitrogen and oxygen atoms in total. The van der Waals surface area contributed by atoms with Crippen molar-refractivity contribution in [3.63, 3.8) is 0 Å². The SMILES string of the molecule is C#CC(O)(CC)CN. The predicted octanol–water partition coefficient (Wildman–Crippen LogP) is -0.281. The van der Waals surface area contributed by atoms with Crippen LogP contribution >= 0.6 is 0 Å². The molecule has 0 aromatic carbocycles. The van der Waals surface area contributed by atoms with E-state index in [4.69, 9.17) is 17.3 Å². The van der Waals surface area contributed by atoms with Gasteiger partial charge in [0.05, 0.1) is 0 Å². The summed E-state index contributed by atoms with van der Waals surface area (Å²) in [7, 11) is 0. The highest BCUT2D eigenvalue weighted by Gasteiger charge is 2.17. The van der Waals surface area contributed by atoms with Crippen molar-refractivity contribution in [2.24, 2.45) is 5.73 Å². The average Bonchev–Trinajstić information content (AvgIpc) is 1.87. The van der Waals surface area contributed by atoms with Crippen LogP contribution in [0.1, 0.15) is 13.3 Å². The van der Waals surface area contributed by atoms with E-state index in [0.717, 1.165) is 0 Å². The molecule has 0 heterocycles. The highest BCUT2D eigenvalue weighted by Crippen LogP contribution is 2.03. The van der Waals surface area contributed by atoms with Gasteiger partial charge in [0.1, 0.15) is 5.60 Å². The van der Waals surface area contributed by atoms with Crippen LogP contribution in [0.2, 0.25) is 0 Å². The van der Waals surface area contributed by atoms with E-state index < -0.39 is 5.60 Å². The number of aliphatic hydroxyl groups is 1. The highest BCUT2D eigenvalue weighted by atomic mass is 16.3. The van der Waals surface area contributed by atoms with E-state index in [0.29, 0.717) is 6.42 Å². The van der Waals surface area contributed by atoms with Crippen LogP contribution < -0.4 is 5.73 Å². The highest BCUT2D eigenvalue weighted by molar-refractivity contribution is 5.07. The molecule has 0 aliphatic rings. The molecule has 0 amide bonds. The van der Waals surface area contributed by atoms with Gasteiger partial charge in [-0.25, -0.2) is 0 Å². The van der Waals surface area contributed by atoms with Gasteiger partial charge in [-0.3, -0.25) is 0 Å². The second kappa shape index (κ2) is 2.71. The molecule has 0 saturated heterocycles. The van der Waals surface area contributed by atoms with Crippen molar-refractivity contribution < 1.29 is 5.11 Å². The van der Waals surface area contributed by atoms with Gasteiger partial charge in [-0.05, 0) is 6.42 Å². The van der Waals surface area contributed by atoms with Gasteiger partial charge in [-0.1, -0.05) is 12.8 Å². The lowest BCUT2D eigenvalue weighted by Crippen LogP contribution is -2.34. The first-order valence-electron chi connectivity index (χ1n) is 2.58. The van der Waals surface area contributed by atoms with Crippen molar-refractivity contribution in [3.8, 4) is 12.3 Å². The number of hydrogen-bond donors (Lipinski definition) is 2. The maximum Gasteiger partial charge on any atom is 0.137 e. The van der Waals surface area contributed by atoms with Crippen LogP contribution in [0.15, 0.2) is 0 Å². The van der Waals surface area contributed by atoms with Crippen LogP contribution in [0.3, 0.4) is 0 Å². The fraction of sp³-hybridized carbons (Fsp3) is 0.667. The molecule has 0 aliphatic carbocycles. The lowest BCUT2D eigenvalue weighted by molar-refractivity contribution is 0.106. The molecule has 0 bridgehead atoms. The van der Waals surface area contributed by atoms with Gasteiger partial charge in [-0.15, -0.1) is 6.42 Å². The van der Waals surface area contributed by atoms with Crippen molar-refractivity contribution in [1.29, 1.82) is 0 Å². The Hall–Kier alpha value is -0.520. The molecule has 2 heteroatoms. The zero-order chi connectivity index (χ0) is 6.62. The summed E-state index contributed by atoms with van der Waals surface area (Å²) >= 11 is 0. The molecule has 0 aromatic heterocycles. The summed E-state index contributed by atoms with van der Waals surface area (Å²) in [6.45, 7) is 1.94. The van der Waals surface area contributed by atoms with Crippen molar-refractivity contribution in [3.05, 3.63) is 0 Å². The van der Waals surface area contributed by atoms with Gasteiger partial charge in [0.2, 0.25) is 0 Å². The van der Waals surface area contributed by atoms with E-state index in [1.807, 2.05) is 0 Å². The number of nitrogens with two attached hydrogens (primary N) is 1. The second-order valence-corrected chi connectivity index (χ2v) is 1.73. The Labute approximate surface area is 49.7 Å². The molecule has 0 saturated carbocycles. The third-order valence-corrected chi connectivity index (χ3v) is 1.19. The smallest absolute Gasteiger partial charge is 0.137 e. The van der Waals surface area contributed by atoms with Crippen LogP contribution in [0.4, 0.5) is 0 Å². The van der Waals surface area contributed by atoms with Gasteiger partial charge < -0.3 is 10.8 Å². The summed E-state index contributed by atoms with van der Waals surface area (Å²) < 4.78 is 0. The fourth-order valence-electron chi connectivity index (χ4n) is 0.305. The standard InChI is InChI=1S/C6H11NO/c1-3-6(8,4-2)5-7/h1,8H,4-5,7H2,2H3. The van der Waals surface area contributed by atoms with Crippen molar-refractivity contribution in [2.75, 3.05) is 6.54 Å². The molecule has 1 atom stereocenters. The Balaban J connectivity index is 3.83. The van der Waals surface area contributed by atoms with E-state index >= 15 is 0 Å². The van der Waals surface area contributed by atoms with E-state index in [9.17, 15) is 0 Å². The van der Waals surface area contributed by atoms with Crippen molar-refractivity contribution >= 4 is 0 Å². The number of terminal acetylenes is 1. The third-order valence-electron chi connectivity index (χ3n) is 1.19. The monoisotopic (exact) mass is 113 g/mol. The quantitative estimate of drug-likeness (QED) is 0.484. The normalized spacial score (nSPS) is 16.8. The number of rotatable bonds is 2. The summed E-state index contributed by atoms with van der Waals surface area (Å²) in [5, 5.41) is 9.08. The first kappa shape index (κ1) is 7.48. The van der Waals surface area contributed by atoms with Gasteiger partial charge in [0, 0.05) is 6.54 Å². The predicted molar refractivity (Wildman–Crippen MR) is 33.1 cm³/mol. The maximum absolute atomic E-state index is 9.08. The van der Waals surface area contributed by atoms with Gasteiger partial charge in [0.25, 0.3) is 0 Å². The van der Waals surface area contributed by atoms with Crippen LogP contribution in [0, 0.1) is 12.3 Å². The molecule has 0 radical (unpaired) electrons. The summed E-state index contributed by atoms with van der Waals surface area (Å²) in [6, 6.07) is 0. The van der Waals surface area contributed by atoms with E-state index in [-0.39, 0.29) is 6.54 Å². The van der Waals surface area contributed by atoms with Crippen molar-refractivity contribution in [2.45, 2.75) is 18.9 Å². The van der Waals surface area contributed by atoms with Gasteiger partial charge >= 0.3 is 0 Å². The van der Waals surface area contributed by atoms with E-state index in [1.165, 1.54) is 0 Å². The molecule has 8 heavy (non-hydrogen) atoms. The van der Waals surface area contributed by atoms with Gasteiger partial charge in [0.15, 0.2) is 0 Å². The zero-order valence-electron chi connectivity index (χ0n) is 5.02. The Morgan fingerprint density at radius 3 is 2.38 bits per heavy atom. The molecule has 0 spiro atoms.